The Morgan fingerprint density at radius 2 is 2.27 bits per heavy atom. The van der Waals surface area contributed by atoms with Crippen molar-refractivity contribution in [1.82, 2.24) is 10.3 Å². The Labute approximate surface area is 91.1 Å². The Balaban J connectivity index is 1.67. The van der Waals surface area contributed by atoms with Crippen molar-refractivity contribution in [1.29, 1.82) is 0 Å². The molecule has 3 N–H and O–H groups in total. The Bertz CT molecular complexity index is 314. The van der Waals surface area contributed by atoms with Crippen molar-refractivity contribution in [2.45, 2.75) is 26.2 Å². The highest BCUT2D eigenvalue weighted by Crippen LogP contribution is 2.43. The van der Waals surface area contributed by atoms with E-state index in [-0.39, 0.29) is 0 Å². The predicted octanol–water partition coefficient (Wildman–Crippen LogP) is 1.60. The number of nitrogens with two attached hydrogens (primary N) is 1. The highest BCUT2D eigenvalue weighted by Gasteiger charge is 2.36. The topological polar surface area (TPSA) is 50.9 Å². The Kier molecular flexibility index (Phi) is 2.91. The van der Waals surface area contributed by atoms with E-state index >= 15 is 0 Å². The summed E-state index contributed by atoms with van der Waals surface area (Å²) in [5.41, 5.74) is 8.00. The van der Waals surface area contributed by atoms with Gasteiger partial charge in [0.25, 0.3) is 0 Å². The van der Waals surface area contributed by atoms with E-state index in [9.17, 15) is 0 Å². The van der Waals surface area contributed by atoms with Crippen molar-refractivity contribution in [3.8, 4) is 0 Å². The standard InChI is InChI=1S/C12H19N3/c1-12(5-6-12)9-14-7-4-11-3-2-10(13)8-15-11/h2-3,8,14H,4-7,9,13H2,1H3. The van der Waals surface area contributed by atoms with Crippen LogP contribution in [0.25, 0.3) is 0 Å². The van der Waals surface area contributed by atoms with Gasteiger partial charge in [0.1, 0.15) is 0 Å². The molecule has 0 unspecified atom stereocenters. The van der Waals surface area contributed by atoms with Gasteiger partial charge in [0, 0.05) is 25.2 Å². The van der Waals surface area contributed by atoms with Gasteiger partial charge in [-0.3, -0.25) is 4.98 Å². The van der Waals surface area contributed by atoms with Crippen molar-refractivity contribution in [2.75, 3.05) is 18.8 Å². The number of rotatable bonds is 5. The number of nitrogens with zero attached hydrogens (tertiary/aromatic N) is 1. The summed E-state index contributed by atoms with van der Waals surface area (Å²) in [4.78, 5) is 4.26. The maximum Gasteiger partial charge on any atom is 0.0501 e. The number of hydrogen-bond donors (Lipinski definition) is 2. The molecule has 0 aliphatic heterocycles. The van der Waals surface area contributed by atoms with Crippen LogP contribution in [0.1, 0.15) is 25.5 Å². The van der Waals surface area contributed by atoms with Gasteiger partial charge >= 0.3 is 0 Å². The fourth-order valence-electron chi connectivity index (χ4n) is 1.58. The molecular formula is C12H19N3. The minimum atomic E-state index is 0.592. The first-order valence-electron chi connectivity index (χ1n) is 5.59. The lowest BCUT2D eigenvalue weighted by Crippen LogP contribution is -2.24. The van der Waals surface area contributed by atoms with Crippen LogP contribution in [0, 0.1) is 5.41 Å². The summed E-state index contributed by atoms with van der Waals surface area (Å²) in [6.07, 6.45) is 5.45. The summed E-state index contributed by atoms with van der Waals surface area (Å²) in [5, 5.41) is 3.48. The average molecular weight is 205 g/mol. The molecule has 0 atom stereocenters. The summed E-state index contributed by atoms with van der Waals surface area (Å²) in [7, 11) is 0. The van der Waals surface area contributed by atoms with Gasteiger partial charge in [-0.1, -0.05) is 6.92 Å². The number of aromatic nitrogens is 1. The largest absolute Gasteiger partial charge is 0.397 e. The summed E-state index contributed by atoms with van der Waals surface area (Å²) >= 11 is 0. The Morgan fingerprint density at radius 1 is 1.47 bits per heavy atom. The zero-order chi connectivity index (χ0) is 10.7. The van der Waals surface area contributed by atoms with Crippen LogP contribution in [0.3, 0.4) is 0 Å². The zero-order valence-electron chi connectivity index (χ0n) is 9.29. The quantitative estimate of drug-likeness (QED) is 0.718. The van der Waals surface area contributed by atoms with E-state index in [1.54, 1.807) is 6.20 Å². The number of anilines is 1. The molecule has 82 valence electrons. The molecule has 0 bridgehead atoms. The highest BCUT2D eigenvalue weighted by molar-refractivity contribution is 5.34. The first-order chi connectivity index (χ1) is 7.18. The van der Waals surface area contributed by atoms with E-state index in [0.29, 0.717) is 5.41 Å². The van der Waals surface area contributed by atoms with Crippen molar-refractivity contribution < 1.29 is 0 Å². The molecule has 0 saturated heterocycles. The molecule has 1 fully saturated rings. The molecule has 1 saturated carbocycles. The van der Waals surface area contributed by atoms with Crippen LogP contribution in [-0.2, 0) is 6.42 Å². The van der Waals surface area contributed by atoms with Crippen molar-refractivity contribution in [3.05, 3.63) is 24.0 Å². The minimum absolute atomic E-state index is 0.592. The van der Waals surface area contributed by atoms with E-state index in [4.69, 9.17) is 5.73 Å². The zero-order valence-corrected chi connectivity index (χ0v) is 9.29. The number of pyridine rings is 1. The molecule has 1 heterocycles. The summed E-state index contributed by atoms with van der Waals surface area (Å²) < 4.78 is 0. The van der Waals surface area contributed by atoms with E-state index in [0.717, 1.165) is 30.9 Å². The SMILES string of the molecule is CC1(CNCCc2ccc(N)cn2)CC1. The molecular weight excluding hydrogens is 186 g/mol. The molecule has 15 heavy (non-hydrogen) atoms. The van der Waals surface area contributed by atoms with E-state index in [2.05, 4.69) is 17.2 Å². The van der Waals surface area contributed by atoms with Crippen LogP contribution in [-0.4, -0.2) is 18.1 Å². The van der Waals surface area contributed by atoms with Gasteiger partial charge in [0.2, 0.25) is 0 Å². The first kappa shape index (κ1) is 10.4. The molecule has 0 amide bonds. The Hall–Kier alpha value is -1.09. The average Bonchev–Trinajstić information content (AvgIpc) is 2.95. The van der Waals surface area contributed by atoms with E-state index < -0.39 is 0 Å². The van der Waals surface area contributed by atoms with Crippen LogP contribution in [0.2, 0.25) is 0 Å². The van der Waals surface area contributed by atoms with E-state index in [1.807, 2.05) is 12.1 Å². The lowest BCUT2D eigenvalue weighted by molar-refractivity contribution is 0.501. The summed E-state index contributed by atoms with van der Waals surface area (Å²) in [6.45, 7) is 4.48. The molecule has 2 rings (SSSR count). The number of hydrogen-bond acceptors (Lipinski definition) is 3. The minimum Gasteiger partial charge on any atom is -0.397 e. The molecule has 3 heteroatoms. The normalized spacial score (nSPS) is 17.7. The van der Waals surface area contributed by atoms with Gasteiger partial charge in [-0.2, -0.15) is 0 Å². The third-order valence-corrected chi connectivity index (χ3v) is 3.06. The first-order valence-corrected chi connectivity index (χ1v) is 5.59. The molecule has 1 aromatic rings. The fraction of sp³-hybridized carbons (Fsp3) is 0.583. The van der Waals surface area contributed by atoms with Crippen molar-refractivity contribution >= 4 is 5.69 Å². The number of nitrogen functional groups attached to an aromatic ring is 1. The van der Waals surface area contributed by atoms with Crippen LogP contribution < -0.4 is 11.1 Å². The van der Waals surface area contributed by atoms with Gasteiger partial charge in [0.05, 0.1) is 11.9 Å². The van der Waals surface area contributed by atoms with Crippen LogP contribution >= 0.6 is 0 Å². The lowest BCUT2D eigenvalue weighted by Gasteiger charge is -2.09. The monoisotopic (exact) mass is 205 g/mol. The van der Waals surface area contributed by atoms with Crippen molar-refractivity contribution in [2.24, 2.45) is 5.41 Å². The third kappa shape index (κ3) is 3.20. The van der Waals surface area contributed by atoms with Gasteiger partial charge < -0.3 is 11.1 Å². The maximum atomic E-state index is 5.57. The molecule has 1 aliphatic rings. The van der Waals surface area contributed by atoms with Gasteiger partial charge in [-0.05, 0) is 30.4 Å². The van der Waals surface area contributed by atoms with Crippen molar-refractivity contribution in [3.63, 3.8) is 0 Å². The molecule has 3 nitrogen and oxygen atoms in total. The fourth-order valence-corrected chi connectivity index (χ4v) is 1.58. The molecule has 0 radical (unpaired) electrons. The second kappa shape index (κ2) is 4.19. The van der Waals surface area contributed by atoms with Crippen LogP contribution in [0.5, 0.6) is 0 Å². The smallest absolute Gasteiger partial charge is 0.0501 e. The predicted molar refractivity (Wildman–Crippen MR) is 62.6 cm³/mol. The summed E-state index contributed by atoms with van der Waals surface area (Å²) in [6, 6.07) is 3.90. The molecule has 1 aliphatic carbocycles. The molecule has 1 aromatic heterocycles. The second-order valence-electron chi connectivity index (χ2n) is 4.82. The van der Waals surface area contributed by atoms with E-state index in [1.165, 1.54) is 12.8 Å². The lowest BCUT2D eigenvalue weighted by atomic mass is 10.1. The van der Waals surface area contributed by atoms with Gasteiger partial charge in [-0.25, -0.2) is 0 Å². The number of nitrogens with one attached hydrogen (secondary N) is 1. The molecule has 0 aromatic carbocycles. The van der Waals surface area contributed by atoms with Gasteiger partial charge in [0.15, 0.2) is 0 Å². The summed E-state index contributed by atoms with van der Waals surface area (Å²) in [5.74, 6) is 0. The maximum absolute atomic E-state index is 5.57. The molecule has 0 spiro atoms. The van der Waals surface area contributed by atoms with Crippen LogP contribution in [0.4, 0.5) is 5.69 Å². The van der Waals surface area contributed by atoms with Crippen LogP contribution in [0.15, 0.2) is 18.3 Å². The highest BCUT2D eigenvalue weighted by atomic mass is 14.9. The second-order valence-corrected chi connectivity index (χ2v) is 4.82. The Morgan fingerprint density at radius 3 is 2.87 bits per heavy atom. The van der Waals surface area contributed by atoms with Gasteiger partial charge in [-0.15, -0.1) is 0 Å². The third-order valence-electron chi connectivity index (χ3n) is 3.06.